The normalized spacial score (nSPS) is 22.4. The van der Waals surface area contributed by atoms with Crippen molar-refractivity contribution < 1.29 is 26.3 Å². The van der Waals surface area contributed by atoms with Gasteiger partial charge in [-0.2, -0.15) is 24.9 Å². The number of allylic oxidation sites excluding steroid dienone is 2. The van der Waals surface area contributed by atoms with E-state index in [9.17, 15) is 21.6 Å². The van der Waals surface area contributed by atoms with E-state index in [-0.39, 0.29) is 34.6 Å². The molecule has 11 heteroatoms. The zero-order valence-electron chi connectivity index (χ0n) is 20.4. The molecule has 0 radical (unpaired) electrons. The smallest absolute Gasteiger partial charge is 0.417 e. The number of rotatable bonds is 6. The lowest BCUT2D eigenvalue weighted by Crippen LogP contribution is -2.31. The zero-order chi connectivity index (χ0) is 27.4. The molecule has 0 bridgehead atoms. The second-order valence-corrected chi connectivity index (χ2v) is 13.0. The zero-order valence-corrected chi connectivity index (χ0v) is 22.8. The number of benzene rings is 3. The molecular formula is C28H24ClF3N2O3S2. The Kier molecular flexibility index (Phi) is 6.76. The molecule has 2 N–H and O–H groups in total. The monoisotopic (exact) mass is 592 g/mol. The van der Waals surface area contributed by atoms with E-state index in [0.717, 1.165) is 46.6 Å². The summed E-state index contributed by atoms with van der Waals surface area (Å²) in [6.07, 6.45) is 0.566. The fourth-order valence-corrected chi connectivity index (χ4v) is 7.22. The second-order valence-electron chi connectivity index (χ2n) is 9.87. The number of hydrogen-bond acceptors (Lipinski definition) is 5. The molecule has 2 aliphatic heterocycles. The van der Waals surface area contributed by atoms with Crippen LogP contribution < -0.4 is 14.8 Å². The first-order valence-corrected chi connectivity index (χ1v) is 15.4. The number of halogens is 4. The first-order chi connectivity index (χ1) is 18.6. The quantitative estimate of drug-likeness (QED) is 0.291. The number of alkyl halides is 3. The number of ether oxygens (including phenoxy) is 1. The molecule has 0 spiro atoms. The molecule has 204 valence electrons. The Balaban J connectivity index is 1.28. The summed E-state index contributed by atoms with van der Waals surface area (Å²) >= 11 is 7.54. The standard InChI is InChI=1S/C28H24ClF3N2O3S2/c29-25-9-7-17(12-24(25)28(30,31)32)34-39(35,36)20-8-10-26-23(13-20)21-5-2-6-22(21)27(33-26)16-3-1-4-18(11-16)37-19-14-38-15-19/h1-5,7-13,19,21-22,27,33-34H,6,14-15H2/t21-,22+,27+/m0/s1. The minimum Gasteiger partial charge on any atom is -0.489 e. The van der Waals surface area contributed by atoms with Crippen molar-refractivity contribution in [3.63, 3.8) is 0 Å². The van der Waals surface area contributed by atoms with Crippen molar-refractivity contribution in [2.24, 2.45) is 5.92 Å². The first-order valence-electron chi connectivity index (χ1n) is 12.4. The van der Waals surface area contributed by atoms with Crippen LogP contribution in [0.25, 0.3) is 0 Å². The SMILES string of the molecule is O=S(=O)(Nc1ccc(Cl)c(C(F)(F)F)c1)c1ccc2c(c1)[C@H]1C=CC[C@H]1[C@@H](c1cccc(OC3CSC3)c1)N2. The summed E-state index contributed by atoms with van der Waals surface area (Å²) in [7, 11) is -4.16. The van der Waals surface area contributed by atoms with Crippen LogP contribution in [0, 0.1) is 5.92 Å². The summed E-state index contributed by atoms with van der Waals surface area (Å²) in [4.78, 5) is -0.0298. The predicted molar refractivity (Wildman–Crippen MR) is 148 cm³/mol. The maximum Gasteiger partial charge on any atom is 0.417 e. The van der Waals surface area contributed by atoms with Crippen LogP contribution in [0.5, 0.6) is 5.75 Å². The molecule has 1 fully saturated rings. The van der Waals surface area contributed by atoms with E-state index in [1.165, 1.54) is 12.1 Å². The van der Waals surface area contributed by atoms with E-state index in [1.807, 2.05) is 23.9 Å². The molecule has 2 heterocycles. The maximum atomic E-state index is 13.3. The van der Waals surface area contributed by atoms with Crippen molar-refractivity contribution in [1.82, 2.24) is 0 Å². The third-order valence-electron chi connectivity index (χ3n) is 7.30. The van der Waals surface area contributed by atoms with Crippen molar-refractivity contribution in [3.8, 4) is 5.75 Å². The highest BCUT2D eigenvalue weighted by Gasteiger charge is 2.39. The van der Waals surface area contributed by atoms with Gasteiger partial charge in [-0.1, -0.05) is 35.9 Å². The highest BCUT2D eigenvalue weighted by molar-refractivity contribution is 8.00. The van der Waals surface area contributed by atoms with Gasteiger partial charge in [0.2, 0.25) is 0 Å². The third-order valence-corrected chi connectivity index (χ3v) is 10.2. The Morgan fingerprint density at radius 3 is 2.62 bits per heavy atom. The van der Waals surface area contributed by atoms with Crippen LogP contribution in [-0.4, -0.2) is 26.0 Å². The van der Waals surface area contributed by atoms with Crippen molar-refractivity contribution in [3.05, 3.63) is 94.5 Å². The number of hydrogen-bond donors (Lipinski definition) is 2. The van der Waals surface area contributed by atoms with Crippen LogP contribution in [0.4, 0.5) is 24.5 Å². The largest absolute Gasteiger partial charge is 0.489 e. The summed E-state index contributed by atoms with van der Waals surface area (Å²) in [5, 5.41) is 3.10. The van der Waals surface area contributed by atoms with Gasteiger partial charge in [-0.25, -0.2) is 8.42 Å². The van der Waals surface area contributed by atoms with Crippen LogP contribution >= 0.6 is 23.4 Å². The minimum atomic E-state index is -4.71. The van der Waals surface area contributed by atoms with E-state index in [2.05, 4.69) is 34.3 Å². The van der Waals surface area contributed by atoms with Crippen LogP contribution in [0.1, 0.15) is 35.1 Å². The topological polar surface area (TPSA) is 67.4 Å². The van der Waals surface area contributed by atoms with Crippen LogP contribution in [0.2, 0.25) is 5.02 Å². The molecular weight excluding hydrogens is 569 g/mol. The summed E-state index contributed by atoms with van der Waals surface area (Å²) in [6, 6.07) is 15.8. The van der Waals surface area contributed by atoms with E-state index in [0.29, 0.717) is 6.07 Å². The molecule has 3 atom stereocenters. The van der Waals surface area contributed by atoms with Gasteiger partial charge in [0.15, 0.2) is 0 Å². The Hall–Kier alpha value is -2.82. The molecule has 5 nitrogen and oxygen atoms in total. The summed E-state index contributed by atoms with van der Waals surface area (Å²) in [5.41, 5.74) is 1.43. The maximum absolute atomic E-state index is 13.3. The average molecular weight is 593 g/mol. The summed E-state index contributed by atoms with van der Waals surface area (Å²) in [6.45, 7) is 0. The Morgan fingerprint density at radius 1 is 1.05 bits per heavy atom. The highest BCUT2D eigenvalue weighted by Crippen LogP contribution is 2.50. The van der Waals surface area contributed by atoms with Crippen molar-refractivity contribution in [2.45, 2.75) is 35.6 Å². The van der Waals surface area contributed by atoms with E-state index < -0.39 is 26.8 Å². The van der Waals surface area contributed by atoms with Gasteiger partial charge in [0.1, 0.15) is 11.9 Å². The highest BCUT2D eigenvalue weighted by atomic mass is 35.5. The molecule has 1 saturated heterocycles. The van der Waals surface area contributed by atoms with Gasteiger partial charge in [0, 0.05) is 28.8 Å². The van der Waals surface area contributed by atoms with Crippen molar-refractivity contribution in [1.29, 1.82) is 0 Å². The predicted octanol–water partition coefficient (Wildman–Crippen LogP) is 7.48. The number of sulfonamides is 1. The molecule has 6 rings (SSSR count). The molecule has 0 saturated carbocycles. The number of anilines is 2. The third kappa shape index (κ3) is 5.21. The van der Waals surface area contributed by atoms with E-state index in [4.69, 9.17) is 16.3 Å². The van der Waals surface area contributed by atoms with Gasteiger partial charge in [-0.3, -0.25) is 4.72 Å². The molecule has 1 aliphatic carbocycles. The van der Waals surface area contributed by atoms with Gasteiger partial charge < -0.3 is 10.1 Å². The number of thioether (sulfide) groups is 1. The average Bonchev–Trinajstić information content (AvgIpc) is 3.36. The Morgan fingerprint density at radius 2 is 1.87 bits per heavy atom. The Bertz CT molecular complexity index is 1560. The molecule has 0 amide bonds. The van der Waals surface area contributed by atoms with Crippen LogP contribution in [-0.2, 0) is 16.2 Å². The lowest BCUT2D eigenvalue weighted by Gasteiger charge is -2.38. The van der Waals surface area contributed by atoms with Crippen LogP contribution in [0.15, 0.2) is 77.7 Å². The molecule has 0 aromatic heterocycles. The molecule has 3 aliphatic rings. The second kappa shape index (κ2) is 9.98. The van der Waals surface area contributed by atoms with Gasteiger partial charge in [0.25, 0.3) is 10.0 Å². The molecule has 39 heavy (non-hydrogen) atoms. The molecule has 0 unspecified atom stereocenters. The molecule has 3 aromatic carbocycles. The van der Waals surface area contributed by atoms with Gasteiger partial charge in [0.05, 0.1) is 21.5 Å². The van der Waals surface area contributed by atoms with E-state index in [1.54, 1.807) is 12.1 Å². The fraction of sp³-hybridized carbons (Fsp3) is 0.286. The summed E-state index contributed by atoms with van der Waals surface area (Å²) in [5.74, 6) is 2.99. The van der Waals surface area contributed by atoms with Crippen molar-refractivity contribution in [2.75, 3.05) is 21.5 Å². The number of nitrogens with one attached hydrogen (secondary N) is 2. The van der Waals surface area contributed by atoms with Crippen molar-refractivity contribution >= 4 is 44.8 Å². The lowest BCUT2D eigenvalue weighted by atomic mass is 9.77. The first kappa shape index (κ1) is 26.4. The van der Waals surface area contributed by atoms with Gasteiger partial charge >= 0.3 is 6.18 Å². The van der Waals surface area contributed by atoms with Gasteiger partial charge in [-0.15, -0.1) is 0 Å². The minimum absolute atomic E-state index is 0.00672. The Labute approximate surface area is 233 Å². The van der Waals surface area contributed by atoms with Gasteiger partial charge in [-0.05, 0) is 72.0 Å². The van der Waals surface area contributed by atoms with E-state index >= 15 is 0 Å². The lowest BCUT2D eigenvalue weighted by molar-refractivity contribution is -0.137. The summed E-state index contributed by atoms with van der Waals surface area (Å²) < 4.78 is 74.5. The fourth-order valence-electron chi connectivity index (χ4n) is 5.35. The van der Waals surface area contributed by atoms with Crippen LogP contribution in [0.3, 0.4) is 0 Å². The molecule has 3 aromatic rings. The number of fused-ring (bicyclic) bond motifs is 3.